The summed E-state index contributed by atoms with van der Waals surface area (Å²) in [7, 11) is 3.09. The molecule has 0 bridgehead atoms. The van der Waals surface area contributed by atoms with Gasteiger partial charge in [-0.3, -0.25) is 9.78 Å². The molecule has 0 aliphatic heterocycles. The lowest BCUT2D eigenvalue weighted by Crippen LogP contribution is -2.12. The molecule has 1 unspecified atom stereocenters. The molecule has 1 aromatic heterocycles. The van der Waals surface area contributed by atoms with Gasteiger partial charge >= 0.3 is 0 Å². The second-order valence-electron chi connectivity index (χ2n) is 6.00. The van der Waals surface area contributed by atoms with Crippen molar-refractivity contribution in [1.29, 1.82) is 0 Å². The molecular weight excluding hydrogens is 501 g/mol. The monoisotopic (exact) mass is 521 g/mol. The molecule has 0 spiro atoms. The lowest BCUT2D eigenvalue weighted by Gasteiger charge is -2.14. The van der Waals surface area contributed by atoms with Crippen LogP contribution in [0.5, 0.6) is 11.5 Å². The first-order chi connectivity index (χ1) is 14.0. The summed E-state index contributed by atoms with van der Waals surface area (Å²) >= 11 is 3.96. The van der Waals surface area contributed by atoms with Gasteiger partial charge in [0, 0.05) is 34.2 Å². The van der Waals surface area contributed by atoms with Gasteiger partial charge in [0.25, 0.3) is 5.91 Å². The number of nitrogens with two attached hydrogens (primary N) is 1. The van der Waals surface area contributed by atoms with E-state index in [1.165, 1.54) is 7.11 Å². The van der Waals surface area contributed by atoms with Crippen molar-refractivity contribution in [2.45, 2.75) is 8.15 Å². The molecule has 0 aliphatic carbocycles. The standard InChI is InChI=1S/C21H20IN3O3S/c1-27-17-7-6-14(11-18(17)28-2)21(26)25-15-5-3-4-13(10-15)20(22)29-19-12-24-9-8-16(19)23/h3-12,20H,1-2H3,(H2,23,24)(H,25,26). The Morgan fingerprint density at radius 1 is 1.14 bits per heavy atom. The molecule has 3 rings (SSSR count). The van der Waals surface area contributed by atoms with E-state index in [4.69, 9.17) is 15.2 Å². The summed E-state index contributed by atoms with van der Waals surface area (Å²) in [5, 5.41) is 2.93. The van der Waals surface area contributed by atoms with Gasteiger partial charge in [-0.1, -0.05) is 34.7 Å². The summed E-state index contributed by atoms with van der Waals surface area (Å²) < 4.78 is 10.6. The molecule has 2 aromatic carbocycles. The molecule has 3 N–H and O–H groups in total. The summed E-state index contributed by atoms with van der Waals surface area (Å²) in [6.45, 7) is 0. The Morgan fingerprint density at radius 2 is 1.93 bits per heavy atom. The molecule has 1 heterocycles. The number of nitrogens with zero attached hydrogens (tertiary/aromatic N) is 1. The van der Waals surface area contributed by atoms with Crippen LogP contribution in [0, 0.1) is 0 Å². The van der Waals surface area contributed by atoms with Crippen LogP contribution >= 0.6 is 34.4 Å². The average Bonchev–Trinajstić information content (AvgIpc) is 2.75. The number of anilines is 2. The van der Waals surface area contributed by atoms with Crippen LogP contribution in [0.2, 0.25) is 0 Å². The number of hydrogen-bond donors (Lipinski definition) is 2. The van der Waals surface area contributed by atoms with Crippen LogP contribution in [0.4, 0.5) is 11.4 Å². The number of carbonyl (C=O) groups is 1. The number of amides is 1. The van der Waals surface area contributed by atoms with Gasteiger partial charge < -0.3 is 20.5 Å². The van der Waals surface area contributed by atoms with Crippen molar-refractivity contribution in [2.75, 3.05) is 25.3 Å². The molecule has 3 aromatic rings. The minimum Gasteiger partial charge on any atom is -0.493 e. The van der Waals surface area contributed by atoms with E-state index in [1.54, 1.807) is 55.5 Å². The van der Waals surface area contributed by atoms with Gasteiger partial charge in [0.1, 0.15) is 0 Å². The van der Waals surface area contributed by atoms with Crippen molar-refractivity contribution in [1.82, 2.24) is 4.98 Å². The topological polar surface area (TPSA) is 86.5 Å². The smallest absolute Gasteiger partial charge is 0.255 e. The van der Waals surface area contributed by atoms with Crippen LogP contribution in [-0.4, -0.2) is 25.1 Å². The maximum atomic E-state index is 12.7. The van der Waals surface area contributed by atoms with Crippen LogP contribution in [0.25, 0.3) is 0 Å². The lowest BCUT2D eigenvalue weighted by atomic mass is 10.1. The van der Waals surface area contributed by atoms with Crippen LogP contribution in [-0.2, 0) is 0 Å². The first kappa shape index (κ1) is 21.3. The molecule has 1 amide bonds. The van der Waals surface area contributed by atoms with Crippen LogP contribution < -0.4 is 20.5 Å². The predicted octanol–water partition coefficient (Wildman–Crippen LogP) is 5.16. The van der Waals surface area contributed by atoms with Crippen molar-refractivity contribution in [3.05, 3.63) is 72.1 Å². The Morgan fingerprint density at radius 3 is 2.66 bits per heavy atom. The van der Waals surface area contributed by atoms with Crippen LogP contribution in [0.3, 0.4) is 0 Å². The highest BCUT2D eigenvalue weighted by atomic mass is 127. The second kappa shape index (κ2) is 9.84. The van der Waals surface area contributed by atoms with Crippen molar-refractivity contribution in [3.8, 4) is 11.5 Å². The fourth-order valence-corrected chi connectivity index (χ4v) is 4.65. The molecule has 29 heavy (non-hydrogen) atoms. The number of ether oxygens (including phenoxy) is 2. The minimum atomic E-state index is -0.225. The molecule has 8 heteroatoms. The van der Waals surface area contributed by atoms with Gasteiger partial charge in [0.2, 0.25) is 0 Å². The number of pyridine rings is 1. The maximum Gasteiger partial charge on any atom is 0.255 e. The largest absolute Gasteiger partial charge is 0.493 e. The molecule has 0 radical (unpaired) electrons. The van der Waals surface area contributed by atoms with Gasteiger partial charge in [-0.15, -0.1) is 11.8 Å². The fourth-order valence-electron chi connectivity index (χ4n) is 2.61. The number of methoxy groups -OCH3 is 2. The predicted molar refractivity (Wildman–Crippen MR) is 125 cm³/mol. The number of benzene rings is 2. The molecule has 6 nitrogen and oxygen atoms in total. The van der Waals surface area contributed by atoms with Crippen LogP contribution in [0.1, 0.15) is 19.2 Å². The zero-order valence-corrected chi connectivity index (χ0v) is 18.9. The van der Waals surface area contributed by atoms with E-state index in [1.807, 2.05) is 24.3 Å². The Balaban J connectivity index is 1.74. The van der Waals surface area contributed by atoms with Crippen LogP contribution in [0.15, 0.2) is 65.8 Å². The van der Waals surface area contributed by atoms with Crippen molar-refractivity contribution in [2.24, 2.45) is 0 Å². The Bertz CT molecular complexity index is 1020. The first-order valence-corrected chi connectivity index (χ1v) is 10.8. The van der Waals surface area contributed by atoms with Gasteiger partial charge in [-0.25, -0.2) is 0 Å². The van der Waals surface area contributed by atoms with E-state index in [2.05, 4.69) is 32.9 Å². The molecular formula is C21H20IN3O3S. The van der Waals surface area contributed by atoms with E-state index >= 15 is 0 Å². The molecule has 0 saturated carbocycles. The maximum absolute atomic E-state index is 12.7. The van der Waals surface area contributed by atoms with Crippen molar-refractivity contribution < 1.29 is 14.3 Å². The number of alkyl halides is 1. The third-order valence-corrected chi connectivity index (χ3v) is 6.66. The average molecular weight is 521 g/mol. The van der Waals surface area contributed by atoms with E-state index in [9.17, 15) is 4.79 Å². The number of rotatable bonds is 7. The molecule has 0 aliphatic rings. The zero-order chi connectivity index (χ0) is 20.8. The third-order valence-electron chi connectivity index (χ3n) is 4.10. The Kier molecular flexibility index (Phi) is 7.21. The highest BCUT2D eigenvalue weighted by Crippen LogP contribution is 2.42. The molecule has 1 atom stereocenters. The minimum absolute atomic E-state index is 0.108. The fraction of sp³-hybridized carbons (Fsp3) is 0.143. The number of halogens is 1. The third kappa shape index (κ3) is 5.33. The highest BCUT2D eigenvalue weighted by Gasteiger charge is 2.14. The van der Waals surface area contributed by atoms with Crippen molar-refractivity contribution in [3.63, 3.8) is 0 Å². The Labute approximate surface area is 187 Å². The van der Waals surface area contributed by atoms with Gasteiger partial charge in [0.15, 0.2) is 11.5 Å². The van der Waals surface area contributed by atoms with E-state index < -0.39 is 0 Å². The summed E-state index contributed by atoms with van der Waals surface area (Å²) in [6, 6.07) is 14.6. The van der Waals surface area contributed by atoms with Gasteiger partial charge in [-0.05, 0) is 42.0 Å². The number of nitrogen functional groups attached to an aromatic ring is 1. The van der Waals surface area contributed by atoms with E-state index in [-0.39, 0.29) is 9.16 Å². The van der Waals surface area contributed by atoms with Gasteiger partial charge in [0.05, 0.1) is 17.5 Å². The normalized spacial score (nSPS) is 11.6. The Hall–Kier alpha value is -2.46. The number of carbonyl (C=O) groups excluding carboxylic acids is 1. The number of nitrogens with one attached hydrogen (secondary N) is 1. The summed E-state index contributed by atoms with van der Waals surface area (Å²) in [5.74, 6) is 0.856. The number of thioether (sulfide) groups is 1. The molecule has 0 fully saturated rings. The second-order valence-corrected chi connectivity index (χ2v) is 9.23. The van der Waals surface area contributed by atoms with Gasteiger partial charge in [-0.2, -0.15) is 0 Å². The summed E-state index contributed by atoms with van der Waals surface area (Å²) in [6.07, 6.45) is 3.43. The summed E-state index contributed by atoms with van der Waals surface area (Å²) in [4.78, 5) is 17.7. The molecule has 0 saturated heterocycles. The quantitative estimate of drug-likeness (QED) is 0.254. The lowest BCUT2D eigenvalue weighted by molar-refractivity contribution is 0.102. The highest BCUT2D eigenvalue weighted by molar-refractivity contribution is 14.1. The number of hydrogen-bond acceptors (Lipinski definition) is 6. The SMILES string of the molecule is COc1ccc(C(=O)Nc2cccc(C(I)Sc3cnccc3N)c2)cc1OC. The summed E-state index contributed by atoms with van der Waals surface area (Å²) in [5.41, 5.74) is 8.96. The molecule has 150 valence electrons. The first-order valence-electron chi connectivity index (χ1n) is 8.65. The number of aromatic nitrogens is 1. The van der Waals surface area contributed by atoms with E-state index in [0.29, 0.717) is 28.4 Å². The zero-order valence-electron chi connectivity index (χ0n) is 15.9. The van der Waals surface area contributed by atoms with Crippen molar-refractivity contribution >= 4 is 51.6 Å². The van der Waals surface area contributed by atoms with E-state index in [0.717, 1.165) is 10.5 Å².